The van der Waals surface area contributed by atoms with E-state index in [-0.39, 0.29) is 10.3 Å². The predicted octanol–water partition coefficient (Wildman–Crippen LogP) is 3.29. The lowest BCUT2D eigenvalue weighted by Gasteiger charge is -2.23. The SMILES string of the molecule is CC(C)(C)c1cc(CBr)cc(S(N)(=O)=O)c1Br. The maximum Gasteiger partial charge on any atom is 0.239 e. The van der Waals surface area contributed by atoms with Gasteiger partial charge in [0, 0.05) is 9.80 Å². The van der Waals surface area contributed by atoms with Crippen LogP contribution in [0, 0.1) is 0 Å². The predicted molar refractivity (Wildman–Crippen MR) is 76.8 cm³/mol. The van der Waals surface area contributed by atoms with E-state index in [1.807, 2.05) is 26.8 Å². The molecule has 6 heteroatoms. The molecule has 0 saturated heterocycles. The molecule has 0 radical (unpaired) electrons. The molecular formula is C11H15Br2NO2S. The Labute approximate surface area is 119 Å². The molecule has 17 heavy (non-hydrogen) atoms. The van der Waals surface area contributed by atoms with Crippen molar-refractivity contribution < 1.29 is 8.42 Å². The van der Waals surface area contributed by atoms with Crippen molar-refractivity contribution in [2.24, 2.45) is 5.14 Å². The van der Waals surface area contributed by atoms with Gasteiger partial charge in [-0.1, -0.05) is 42.8 Å². The van der Waals surface area contributed by atoms with E-state index < -0.39 is 10.0 Å². The number of hydrogen-bond donors (Lipinski definition) is 1. The van der Waals surface area contributed by atoms with Gasteiger partial charge in [-0.2, -0.15) is 0 Å². The van der Waals surface area contributed by atoms with E-state index in [0.29, 0.717) is 9.80 Å². The normalized spacial score (nSPS) is 12.8. The van der Waals surface area contributed by atoms with Gasteiger partial charge >= 0.3 is 0 Å². The van der Waals surface area contributed by atoms with Gasteiger partial charge in [-0.3, -0.25) is 0 Å². The maximum absolute atomic E-state index is 11.5. The Morgan fingerprint density at radius 2 is 1.82 bits per heavy atom. The molecule has 0 heterocycles. The van der Waals surface area contributed by atoms with Crippen LogP contribution in [0.3, 0.4) is 0 Å². The molecule has 0 bridgehead atoms. The molecular weight excluding hydrogens is 370 g/mol. The first-order chi connectivity index (χ1) is 7.57. The summed E-state index contributed by atoms with van der Waals surface area (Å²) in [6.07, 6.45) is 0. The van der Waals surface area contributed by atoms with E-state index in [2.05, 4.69) is 31.9 Å². The molecule has 96 valence electrons. The van der Waals surface area contributed by atoms with E-state index in [4.69, 9.17) is 5.14 Å². The van der Waals surface area contributed by atoms with Crippen LogP contribution in [0.1, 0.15) is 31.9 Å². The van der Waals surface area contributed by atoms with Crippen LogP contribution < -0.4 is 5.14 Å². The Balaban J connectivity index is 3.65. The van der Waals surface area contributed by atoms with E-state index in [1.165, 1.54) is 0 Å². The topological polar surface area (TPSA) is 60.2 Å². The number of primary sulfonamides is 1. The minimum absolute atomic E-state index is 0.138. The molecule has 0 atom stereocenters. The molecule has 0 aliphatic carbocycles. The van der Waals surface area contributed by atoms with Crippen molar-refractivity contribution in [2.45, 2.75) is 36.4 Å². The van der Waals surface area contributed by atoms with Crippen LogP contribution in [0.25, 0.3) is 0 Å². The molecule has 1 rings (SSSR count). The summed E-state index contributed by atoms with van der Waals surface area (Å²) in [6.45, 7) is 6.08. The van der Waals surface area contributed by atoms with Crippen LogP contribution in [-0.2, 0) is 20.8 Å². The molecule has 0 aliphatic rings. The van der Waals surface area contributed by atoms with Crippen molar-refractivity contribution in [3.63, 3.8) is 0 Å². The van der Waals surface area contributed by atoms with Crippen LogP contribution in [0.2, 0.25) is 0 Å². The van der Waals surface area contributed by atoms with Crippen LogP contribution in [0.15, 0.2) is 21.5 Å². The second-order valence-corrected chi connectivity index (χ2v) is 7.77. The van der Waals surface area contributed by atoms with Crippen LogP contribution in [0.4, 0.5) is 0 Å². The van der Waals surface area contributed by atoms with Crippen molar-refractivity contribution in [3.05, 3.63) is 27.7 Å². The van der Waals surface area contributed by atoms with Crippen molar-refractivity contribution in [3.8, 4) is 0 Å². The summed E-state index contributed by atoms with van der Waals surface area (Å²) in [5.74, 6) is 0. The lowest BCUT2D eigenvalue weighted by Crippen LogP contribution is -2.18. The number of alkyl halides is 1. The van der Waals surface area contributed by atoms with Crippen LogP contribution in [-0.4, -0.2) is 8.42 Å². The minimum atomic E-state index is -3.72. The number of hydrogen-bond acceptors (Lipinski definition) is 2. The Kier molecular flexibility index (Phi) is 4.45. The summed E-state index contributed by atoms with van der Waals surface area (Å²) in [7, 11) is -3.72. The third-order valence-electron chi connectivity index (χ3n) is 2.37. The van der Waals surface area contributed by atoms with Gasteiger partial charge < -0.3 is 0 Å². The zero-order valence-electron chi connectivity index (χ0n) is 9.92. The second-order valence-electron chi connectivity index (χ2n) is 4.88. The highest BCUT2D eigenvalue weighted by Crippen LogP contribution is 2.35. The number of benzene rings is 1. The molecule has 0 aromatic heterocycles. The quantitative estimate of drug-likeness (QED) is 0.795. The van der Waals surface area contributed by atoms with Crippen molar-refractivity contribution in [2.75, 3.05) is 0 Å². The molecule has 1 aromatic rings. The third kappa shape index (κ3) is 3.53. The van der Waals surface area contributed by atoms with Gasteiger partial charge in [0.05, 0.1) is 4.90 Å². The van der Waals surface area contributed by atoms with Gasteiger partial charge in [-0.05, 0) is 38.5 Å². The largest absolute Gasteiger partial charge is 0.239 e. The zero-order chi connectivity index (χ0) is 13.4. The van der Waals surface area contributed by atoms with Gasteiger partial charge in [0.1, 0.15) is 0 Å². The zero-order valence-corrected chi connectivity index (χ0v) is 13.9. The summed E-state index contributed by atoms with van der Waals surface area (Å²) in [5, 5.41) is 5.81. The van der Waals surface area contributed by atoms with E-state index in [9.17, 15) is 8.42 Å². The highest BCUT2D eigenvalue weighted by molar-refractivity contribution is 9.10. The number of sulfonamides is 1. The fourth-order valence-corrected chi connectivity index (χ4v) is 3.98. The monoisotopic (exact) mass is 383 g/mol. The second kappa shape index (κ2) is 4.99. The molecule has 0 unspecified atom stereocenters. The first-order valence-electron chi connectivity index (χ1n) is 4.99. The van der Waals surface area contributed by atoms with E-state index in [0.717, 1.165) is 11.1 Å². The smallest absolute Gasteiger partial charge is 0.225 e. The average molecular weight is 385 g/mol. The number of halogens is 2. The highest BCUT2D eigenvalue weighted by Gasteiger charge is 2.23. The Hall–Kier alpha value is 0.0900. The van der Waals surface area contributed by atoms with Crippen molar-refractivity contribution in [1.82, 2.24) is 0 Å². The summed E-state index contributed by atoms with van der Waals surface area (Å²) < 4.78 is 23.6. The lowest BCUT2D eigenvalue weighted by atomic mass is 9.86. The van der Waals surface area contributed by atoms with Crippen molar-refractivity contribution >= 4 is 41.9 Å². The van der Waals surface area contributed by atoms with Crippen LogP contribution >= 0.6 is 31.9 Å². The minimum Gasteiger partial charge on any atom is -0.225 e. The molecule has 0 spiro atoms. The Morgan fingerprint density at radius 3 is 2.18 bits per heavy atom. The average Bonchev–Trinajstić information content (AvgIpc) is 2.14. The van der Waals surface area contributed by atoms with Gasteiger partial charge in [-0.25, -0.2) is 13.6 Å². The standard InChI is InChI=1S/C11H15Br2NO2S/c1-11(2,3)8-4-7(6-12)5-9(10(8)13)17(14,15)16/h4-5H,6H2,1-3H3,(H2,14,15,16). The molecule has 0 amide bonds. The fourth-order valence-electron chi connectivity index (χ4n) is 1.48. The Morgan fingerprint density at radius 1 is 1.29 bits per heavy atom. The van der Waals surface area contributed by atoms with Gasteiger partial charge in [0.15, 0.2) is 0 Å². The maximum atomic E-state index is 11.5. The summed E-state index contributed by atoms with van der Waals surface area (Å²) in [5.41, 5.74) is 1.66. The van der Waals surface area contributed by atoms with Gasteiger partial charge in [0.2, 0.25) is 10.0 Å². The first kappa shape index (κ1) is 15.1. The fraction of sp³-hybridized carbons (Fsp3) is 0.455. The molecule has 0 saturated carbocycles. The van der Waals surface area contributed by atoms with Gasteiger partial charge in [-0.15, -0.1) is 0 Å². The molecule has 0 aliphatic heterocycles. The highest BCUT2D eigenvalue weighted by atomic mass is 79.9. The van der Waals surface area contributed by atoms with E-state index in [1.54, 1.807) is 6.07 Å². The molecule has 1 aromatic carbocycles. The molecule has 2 N–H and O–H groups in total. The summed E-state index contributed by atoms with van der Waals surface area (Å²) >= 11 is 6.67. The van der Waals surface area contributed by atoms with Crippen LogP contribution in [0.5, 0.6) is 0 Å². The molecule has 0 fully saturated rings. The third-order valence-corrected chi connectivity index (χ3v) is 5.07. The summed E-state index contributed by atoms with van der Waals surface area (Å²) in [4.78, 5) is 0.138. The van der Waals surface area contributed by atoms with E-state index >= 15 is 0 Å². The first-order valence-corrected chi connectivity index (χ1v) is 8.45. The number of rotatable bonds is 2. The molecule has 3 nitrogen and oxygen atoms in total. The number of nitrogens with two attached hydrogens (primary N) is 1. The van der Waals surface area contributed by atoms with Crippen molar-refractivity contribution in [1.29, 1.82) is 0 Å². The Bertz CT molecular complexity index is 533. The summed E-state index contributed by atoms with van der Waals surface area (Å²) in [6, 6.07) is 3.57. The lowest BCUT2D eigenvalue weighted by molar-refractivity contribution is 0.579. The van der Waals surface area contributed by atoms with Gasteiger partial charge in [0.25, 0.3) is 0 Å².